The molecule has 1 atom stereocenters. The van der Waals surface area contributed by atoms with Crippen LogP contribution >= 0.6 is 11.6 Å². The van der Waals surface area contributed by atoms with Gasteiger partial charge in [-0.15, -0.1) is 0 Å². The summed E-state index contributed by atoms with van der Waals surface area (Å²) in [5.74, 6) is 1.99. The van der Waals surface area contributed by atoms with Crippen LogP contribution in [0.2, 0.25) is 5.02 Å². The highest BCUT2D eigenvalue weighted by atomic mass is 35.5. The molecule has 0 radical (unpaired) electrons. The second kappa shape index (κ2) is 10.8. The van der Waals surface area contributed by atoms with E-state index in [1.54, 1.807) is 0 Å². The van der Waals surface area contributed by atoms with Crippen molar-refractivity contribution in [3.05, 3.63) is 59.2 Å². The Morgan fingerprint density at radius 3 is 2.45 bits per heavy atom. The molecule has 166 valence electrons. The predicted octanol–water partition coefficient (Wildman–Crippen LogP) is 2.51. The molecule has 0 spiro atoms. The maximum Gasteiger partial charge on any atom is 0.193 e. The monoisotopic (exact) mass is 442 g/mol. The van der Waals surface area contributed by atoms with Gasteiger partial charge in [0.2, 0.25) is 0 Å². The first-order valence-corrected chi connectivity index (χ1v) is 11.3. The lowest BCUT2D eigenvalue weighted by atomic mass is 10.0. The van der Waals surface area contributed by atoms with E-state index in [1.807, 2.05) is 37.5 Å². The molecule has 1 aromatic carbocycles. The largest absolute Gasteiger partial charge is 0.379 e. The first kappa shape index (κ1) is 21.9. The van der Waals surface area contributed by atoms with Crippen LogP contribution in [0.4, 0.5) is 5.82 Å². The van der Waals surface area contributed by atoms with Crippen LogP contribution in [0.15, 0.2) is 53.7 Å². The van der Waals surface area contributed by atoms with Crippen molar-refractivity contribution in [1.29, 1.82) is 0 Å². The number of pyridine rings is 1. The normalized spacial score (nSPS) is 19.4. The predicted molar refractivity (Wildman–Crippen MR) is 126 cm³/mol. The van der Waals surface area contributed by atoms with Gasteiger partial charge in [-0.2, -0.15) is 0 Å². The number of piperazine rings is 1. The van der Waals surface area contributed by atoms with Crippen LogP contribution < -0.4 is 10.2 Å². The van der Waals surface area contributed by atoms with Gasteiger partial charge in [-0.25, -0.2) is 4.98 Å². The zero-order chi connectivity index (χ0) is 21.5. The lowest BCUT2D eigenvalue weighted by Crippen LogP contribution is -2.54. The summed E-state index contributed by atoms with van der Waals surface area (Å²) in [4.78, 5) is 16.2. The number of morpholine rings is 1. The molecule has 0 amide bonds. The van der Waals surface area contributed by atoms with Gasteiger partial charge in [0, 0.05) is 64.1 Å². The average Bonchev–Trinajstić information content (AvgIpc) is 2.84. The van der Waals surface area contributed by atoms with Gasteiger partial charge in [-0.3, -0.25) is 9.89 Å². The number of anilines is 1. The summed E-state index contributed by atoms with van der Waals surface area (Å²) in [5, 5.41) is 4.39. The molecule has 0 aliphatic carbocycles. The fourth-order valence-electron chi connectivity index (χ4n) is 4.24. The Morgan fingerprint density at radius 1 is 1.06 bits per heavy atom. The third-order valence-corrected chi connectivity index (χ3v) is 6.21. The number of aromatic nitrogens is 1. The van der Waals surface area contributed by atoms with Crippen molar-refractivity contribution in [3.8, 4) is 0 Å². The van der Waals surface area contributed by atoms with Gasteiger partial charge in [0.1, 0.15) is 5.82 Å². The van der Waals surface area contributed by atoms with Gasteiger partial charge in [-0.1, -0.05) is 29.8 Å². The Balaban J connectivity index is 1.38. The number of hydrogen-bond acceptors (Lipinski definition) is 5. The van der Waals surface area contributed by atoms with Crippen molar-refractivity contribution in [2.45, 2.75) is 6.04 Å². The number of benzene rings is 1. The molecular formula is C23H31ClN6O. The van der Waals surface area contributed by atoms with E-state index in [0.717, 1.165) is 75.8 Å². The molecule has 1 aromatic heterocycles. The van der Waals surface area contributed by atoms with E-state index >= 15 is 0 Å². The summed E-state index contributed by atoms with van der Waals surface area (Å²) >= 11 is 6.13. The van der Waals surface area contributed by atoms with E-state index in [2.05, 4.69) is 48.2 Å². The number of guanidine groups is 1. The molecule has 2 saturated heterocycles. The average molecular weight is 443 g/mol. The minimum absolute atomic E-state index is 0.243. The van der Waals surface area contributed by atoms with Gasteiger partial charge in [0.15, 0.2) is 5.96 Å². The molecule has 2 aliphatic heterocycles. The van der Waals surface area contributed by atoms with Gasteiger partial charge in [0.25, 0.3) is 0 Å². The van der Waals surface area contributed by atoms with E-state index < -0.39 is 0 Å². The highest BCUT2D eigenvalue weighted by Crippen LogP contribution is 2.23. The van der Waals surface area contributed by atoms with Crippen LogP contribution in [-0.4, -0.2) is 86.8 Å². The quantitative estimate of drug-likeness (QED) is 0.567. The Morgan fingerprint density at radius 2 is 1.81 bits per heavy atom. The highest BCUT2D eigenvalue weighted by molar-refractivity contribution is 6.30. The maximum absolute atomic E-state index is 6.13. The second-order valence-electron chi connectivity index (χ2n) is 7.81. The summed E-state index contributed by atoms with van der Waals surface area (Å²) in [6.07, 6.45) is 1.85. The zero-order valence-electron chi connectivity index (χ0n) is 18.1. The minimum Gasteiger partial charge on any atom is -0.379 e. The summed E-state index contributed by atoms with van der Waals surface area (Å²) < 4.78 is 5.57. The highest BCUT2D eigenvalue weighted by Gasteiger charge is 2.25. The van der Waals surface area contributed by atoms with E-state index in [1.165, 1.54) is 5.56 Å². The van der Waals surface area contributed by atoms with Gasteiger partial charge in [0.05, 0.1) is 19.3 Å². The number of aliphatic imine (C=N–C) groups is 1. The van der Waals surface area contributed by atoms with Gasteiger partial charge < -0.3 is 19.9 Å². The summed E-state index contributed by atoms with van der Waals surface area (Å²) in [6, 6.07) is 14.5. The molecule has 3 heterocycles. The van der Waals surface area contributed by atoms with E-state index in [4.69, 9.17) is 16.3 Å². The van der Waals surface area contributed by atoms with Crippen molar-refractivity contribution in [2.75, 3.05) is 71.0 Å². The molecule has 7 nitrogen and oxygen atoms in total. The number of rotatable bonds is 5. The van der Waals surface area contributed by atoms with Gasteiger partial charge in [-0.05, 0) is 29.8 Å². The SMILES string of the molecule is CN=C(NCC(c1ccc(Cl)cc1)N1CCOCC1)N1CCN(c2ccccn2)CC1. The molecule has 0 bridgehead atoms. The fourth-order valence-corrected chi connectivity index (χ4v) is 4.37. The van der Waals surface area contributed by atoms with Crippen LogP contribution in [0, 0.1) is 0 Å². The maximum atomic E-state index is 6.13. The molecule has 2 aromatic rings. The van der Waals surface area contributed by atoms with Crippen LogP contribution in [0.25, 0.3) is 0 Å². The van der Waals surface area contributed by atoms with E-state index in [9.17, 15) is 0 Å². The Kier molecular flexibility index (Phi) is 7.61. The Bertz CT molecular complexity index is 833. The first-order valence-electron chi connectivity index (χ1n) is 10.9. The zero-order valence-corrected chi connectivity index (χ0v) is 18.8. The number of hydrogen-bond donors (Lipinski definition) is 1. The Labute approximate surface area is 189 Å². The van der Waals surface area contributed by atoms with Crippen molar-refractivity contribution in [3.63, 3.8) is 0 Å². The first-order chi connectivity index (χ1) is 15.2. The molecule has 8 heteroatoms. The smallest absolute Gasteiger partial charge is 0.193 e. The standard InChI is InChI=1S/C23H31ClN6O/c1-25-23(30-12-10-29(11-13-30)22-4-2-3-9-26-22)27-18-21(28-14-16-31-17-15-28)19-5-7-20(24)8-6-19/h2-9,21H,10-18H2,1H3,(H,25,27). The number of nitrogens with one attached hydrogen (secondary N) is 1. The molecule has 0 saturated carbocycles. The van der Waals surface area contributed by atoms with Crippen molar-refractivity contribution in [2.24, 2.45) is 4.99 Å². The van der Waals surface area contributed by atoms with Crippen molar-refractivity contribution >= 4 is 23.4 Å². The van der Waals surface area contributed by atoms with Crippen molar-refractivity contribution < 1.29 is 4.74 Å². The summed E-state index contributed by atoms with van der Waals surface area (Å²) in [6.45, 7) is 7.88. The molecular weight excluding hydrogens is 412 g/mol. The third kappa shape index (κ3) is 5.67. The molecule has 2 fully saturated rings. The summed E-state index contributed by atoms with van der Waals surface area (Å²) in [5.41, 5.74) is 1.26. The fraction of sp³-hybridized carbons (Fsp3) is 0.478. The lowest BCUT2D eigenvalue weighted by Gasteiger charge is -2.39. The minimum atomic E-state index is 0.243. The Hall–Kier alpha value is -2.35. The third-order valence-electron chi connectivity index (χ3n) is 5.96. The van der Waals surface area contributed by atoms with Crippen LogP contribution in [0.3, 0.4) is 0 Å². The second-order valence-corrected chi connectivity index (χ2v) is 8.24. The van der Waals surface area contributed by atoms with Crippen molar-refractivity contribution in [1.82, 2.24) is 20.1 Å². The summed E-state index contributed by atoms with van der Waals surface area (Å²) in [7, 11) is 1.86. The molecule has 4 rings (SSSR count). The molecule has 31 heavy (non-hydrogen) atoms. The number of nitrogens with zero attached hydrogens (tertiary/aromatic N) is 5. The molecule has 2 aliphatic rings. The van der Waals surface area contributed by atoms with Crippen LogP contribution in [0.1, 0.15) is 11.6 Å². The van der Waals surface area contributed by atoms with Crippen LogP contribution in [0.5, 0.6) is 0 Å². The van der Waals surface area contributed by atoms with Crippen LogP contribution in [-0.2, 0) is 4.74 Å². The molecule has 1 unspecified atom stereocenters. The van der Waals surface area contributed by atoms with E-state index in [0.29, 0.717) is 0 Å². The number of ether oxygens (including phenoxy) is 1. The lowest BCUT2D eigenvalue weighted by molar-refractivity contribution is 0.0169. The number of halogens is 1. The topological polar surface area (TPSA) is 56.2 Å². The molecule has 1 N–H and O–H groups in total. The van der Waals surface area contributed by atoms with Gasteiger partial charge >= 0.3 is 0 Å². The van der Waals surface area contributed by atoms with E-state index in [-0.39, 0.29) is 6.04 Å².